The lowest BCUT2D eigenvalue weighted by Gasteiger charge is -2.20. The second-order valence-corrected chi connectivity index (χ2v) is 4.31. The number of allylic oxidation sites excluding steroid dienone is 2. The Labute approximate surface area is 87.3 Å². The lowest BCUT2D eigenvalue weighted by atomic mass is 9.87. The molecule has 0 aromatic carbocycles. The van der Waals surface area contributed by atoms with E-state index in [4.69, 9.17) is 4.74 Å². The van der Waals surface area contributed by atoms with Crippen LogP contribution in [0.4, 0.5) is 0 Å². The van der Waals surface area contributed by atoms with E-state index in [1.54, 1.807) is 0 Å². The summed E-state index contributed by atoms with van der Waals surface area (Å²) in [7, 11) is 0. The largest absolute Gasteiger partial charge is 0.466 e. The van der Waals surface area contributed by atoms with Crippen LogP contribution >= 0.6 is 0 Å². The summed E-state index contributed by atoms with van der Waals surface area (Å²) in [5.74, 6) is -0.113. The minimum Gasteiger partial charge on any atom is -0.466 e. The second-order valence-electron chi connectivity index (χ2n) is 4.31. The van der Waals surface area contributed by atoms with Crippen molar-refractivity contribution in [1.29, 1.82) is 0 Å². The Morgan fingerprint density at radius 3 is 2.36 bits per heavy atom. The molecule has 0 aliphatic heterocycles. The first-order valence-electron chi connectivity index (χ1n) is 5.25. The van der Waals surface area contributed by atoms with Gasteiger partial charge in [0.1, 0.15) is 0 Å². The maximum Gasteiger partial charge on any atom is 0.306 e. The molecule has 2 heteroatoms. The van der Waals surface area contributed by atoms with Gasteiger partial charge >= 0.3 is 5.97 Å². The second kappa shape index (κ2) is 5.84. The van der Waals surface area contributed by atoms with Crippen molar-refractivity contribution in [2.75, 3.05) is 6.61 Å². The van der Waals surface area contributed by atoms with E-state index in [9.17, 15) is 4.79 Å². The highest BCUT2D eigenvalue weighted by Gasteiger charge is 2.20. The maximum absolute atomic E-state index is 11.3. The molecule has 0 spiro atoms. The Morgan fingerprint density at radius 1 is 1.36 bits per heavy atom. The van der Waals surface area contributed by atoms with Crippen LogP contribution in [0, 0.1) is 5.41 Å². The number of hydrogen-bond donors (Lipinski definition) is 0. The molecule has 0 aliphatic carbocycles. The SMILES string of the molecule is CCOC(=O)CC(C)(C)/C=C(\C)CC. The zero-order chi connectivity index (χ0) is 11.2. The van der Waals surface area contributed by atoms with Gasteiger partial charge in [0.15, 0.2) is 0 Å². The molecule has 2 nitrogen and oxygen atoms in total. The first kappa shape index (κ1) is 13.2. The highest BCUT2D eigenvalue weighted by atomic mass is 16.5. The fraction of sp³-hybridized carbons (Fsp3) is 0.750. The van der Waals surface area contributed by atoms with Crippen LogP contribution in [-0.2, 0) is 9.53 Å². The van der Waals surface area contributed by atoms with Gasteiger partial charge < -0.3 is 4.74 Å². The average Bonchev–Trinajstić information content (AvgIpc) is 2.02. The van der Waals surface area contributed by atoms with E-state index in [1.165, 1.54) is 5.57 Å². The van der Waals surface area contributed by atoms with Gasteiger partial charge in [0.25, 0.3) is 0 Å². The van der Waals surface area contributed by atoms with Crippen LogP contribution < -0.4 is 0 Å². The van der Waals surface area contributed by atoms with Crippen molar-refractivity contribution in [3.63, 3.8) is 0 Å². The molecule has 0 amide bonds. The minimum absolute atomic E-state index is 0.0909. The molecular formula is C12H22O2. The Morgan fingerprint density at radius 2 is 1.93 bits per heavy atom. The molecule has 0 aromatic heterocycles. The van der Waals surface area contributed by atoms with Gasteiger partial charge in [-0.05, 0) is 25.7 Å². The number of hydrogen-bond acceptors (Lipinski definition) is 2. The number of carbonyl (C=O) groups excluding carboxylic acids is 1. The molecule has 0 fully saturated rings. The fourth-order valence-corrected chi connectivity index (χ4v) is 1.40. The van der Waals surface area contributed by atoms with E-state index < -0.39 is 0 Å². The molecule has 0 bridgehead atoms. The molecule has 0 heterocycles. The highest BCUT2D eigenvalue weighted by Crippen LogP contribution is 2.25. The van der Waals surface area contributed by atoms with E-state index in [0.717, 1.165) is 6.42 Å². The summed E-state index contributed by atoms with van der Waals surface area (Å²) in [6, 6.07) is 0. The quantitative estimate of drug-likeness (QED) is 0.500. The highest BCUT2D eigenvalue weighted by molar-refractivity contribution is 5.70. The summed E-state index contributed by atoms with van der Waals surface area (Å²) in [4.78, 5) is 11.3. The monoisotopic (exact) mass is 198 g/mol. The molecule has 82 valence electrons. The van der Waals surface area contributed by atoms with Crippen LogP contribution in [0.15, 0.2) is 11.6 Å². The topological polar surface area (TPSA) is 26.3 Å². The van der Waals surface area contributed by atoms with Crippen LogP contribution in [0.5, 0.6) is 0 Å². The third-order valence-electron chi connectivity index (χ3n) is 2.10. The Balaban J connectivity index is 4.26. The van der Waals surface area contributed by atoms with E-state index in [0.29, 0.717) is 13.0 Å². The summed E-state index contributed by atoms with van der Waals surface area (Å²) < 4.78 is 4.92. The van der Waals surface area contributed by atoms with Crippen LogP contribution in [0.3, 0.4) is 0 Å². The van der Waals surface area contributed by atoms with Crippen molar-refractivity contribution >= 4 is 5.97 Å². The van der Waals surface area contributed by atoms with Crippen molar-refractivity contribution in [3.05, 3.63) is 11.6 Å². The zero-order valence-electron chi connectivity index (χ0n) is 10.0. The van der Waals surface area contributed by atoms with Crippen LogP contribution in [-0.4, -0.2) is 12.6 Å². The van der Waals surface area contributed by atoms with Gasteiger partial charge in [-0.2, -0.15) is 0 Å². The van der Waals surface area contributed by atoms with E-state index >= 15 is 0 Å². The lowest BCUT2D eigenvalue weighted by Crippen LogP contribution is -2.17. The van der Waals surface area contributed by atoms with Crippen molar-refractivity contribution in [3.8, 4) is 0 Å². The molecule has 0 aliphatic rings. The Kier molecular flexibility index (Phi) is 5.51. The van der Waals surface area contributed by atoms with Gasteiger partial charge in [-0.3, -0.25) is 4.79 Å². The Bertz CT molecular complexity index is 214. The summed E-state index contributed by atoms with van der Waals surface area (Å²) in [6.07, 6.45) is 3.65. The predicted octanol–water partition coefficient (Wildman–Crippen LogP) is 3.32. The first-order valence-corrected chi connectivity index (χ1v) is 5.25. The normalized spacial score (nSPS) is 12.8. The third kappa shape index (κ3) is 5.79. The molecule has 0 unspecified atom stereocenters. The fourth-order valence-electron chi connectivity index (χ4n) is 1.40. The predicted molar refractivity (Wildman–Crippen MR) is 59.1 cm³/mol. The third-order valence-corrected chi connectivity index (χ3v) is 2.10. The van der Waals surface area contributed by atoms with Crippen LogP contribution in [0.2, 0.25) is 0 Å². The first-order chi connectivity index (χ1) is 6.41. The van der Waals surface area contributed by atoms with Gasteiger partial charge in [-0.1, -0.05) is 32.4 Å². The molecule has 0 rings (SSSR count). The lowest BCUT2D eigenvalue weighted by molar-refractivity contribution is -0.144. The average molecular weight is 198 g/mol. The number of rotatable bonds is 5. The van der Waals surface area contributed by atoms with E-state index in [1.807, 2.05) is 6.92 Å². The van der Waals surface area contributed by atoms with Gasteiger partial charge in [-0.25, -0.2) is 0 Å². The van der Waals surface area contributed by atoms with Crippen molar-refractivity contribution in [2.45, 2.75) is 47.5 Å². The summed E-state index contributed by atoms with van der Waals surface area (Å²) >= 11 is 0. The summed E-state index contributed by atoms with van der Waals surface area (Å²) in [6.45, 7) is 10.6. The molecule has 0 aromatic rings. The molecule has 14 heavy (non-hydrogen) atoms. The van der Waals surface area contributed by atoms with Gasteiger partial charge in [0, 0.05) is 0 Å². The smallest absolute Gasteiger partial charge is 0.306 e. The molecule has 0 saturated carbocycles. The molecule has 0 atom stereocenters. The van der Waals surface area contributed by atoms with E-state index in [-0.39, 0.29) is 11.4 Å². The molecular weight excluding hydrogens is 176 g/mol. The molecule has 0 saturated heterocycles. The number of carbonyl (C=O) groups is 1. The molecule has 0 radical (unpaired) electrons. The van der Waals surface area contributed by atoms with Crippen LogP contribution in [0.25, 0.3) is 0 Å². The summed E-state index contributed by atoms with van der Waals surface area (Å²) in [5.41, 5.74) is 1.23. The van der Waals surface area contributed by atoms with Crippen molar-refractivity contribution < 1.29 is 9.53 Å². The number of esters is 1. The summed E-state index contributed by atoms with van der Waals surface area (Å²) in [5, 5.41) is 0. The van der Waals surface area contributed by atoms with Crippen molar-refractivity contribution in [2.24, 2.45) is 5.41 Å². The van der Waals surface area contributed by atoms with Crippen LogP contribution in [0.1, 0.15) is 47.5 Å². The van der Waals surface area contributed by atoms with Gasteiger partial charge in [-0.15, -0.1) is 0 Å². The standard InChI is InChI=1S/C12H22O2/c1-6-10(3)8-12(4,5)9-11(13)14-7-2/h8H,6-7,9H2,1-5H3/b10-8+. The maximum atomic E-state index is 11.3. The number of ether oxygens (including phenoxy) is 1. The van der Waals surface area contributed by atoms with E-state index in [2.05, 4.69) is 33.8 Å². The minimum atomic E-state index is -0.113. The Hall–Kier alpha value is -0.790. The molecule has 0 N–H and O–H groups in total. The zero-order valence-corrected chi connectivity index (χ0v) is 10.0. The van der Waals surface area contributed by atoms with Gasteiger partial charge in [0.05, 0.1) is 13.0 Å². The van der Waals surface area contributed by atoms with Gasteiger partial charge in [0.2, 0.25) is 0 Å². The van der Waals surface area contributed by atoms with Crippen molar-refractivity contribution in [1.82, 2.24) is 0 Å².